The van der Waals surface area contributed by atoms with E-state index in [9.17, 15) is 0 Å². The summed E-state index contributed by atoms with van der Waals surface area (Å²) in [5.41, 5.74) is 2.75. The Bertz CT molecular complexity index is 328. The highest BCUT2D eigenvalue weighted by molar-refractivity contribution is 5.45. The molecular formula is C16H25N. The molecule has 1 aromatic rings. The summed E-state index contributed by atoms with van der Waals surface area (Å²) < 4.78 is 0. The molecule has 0 spiro atoms. The molecule has 1 aliphatic carbocycles. The van der Waals surface area contributed by atoms with Crippen LogP contribution in [0.4, 0.5) is 5.69 Å². The monoisotopic (exact) mass is 231 g/mol. The number of hydrogen-bond acceptors (Lipinski definition) is 1. The summed E-state index contributed by atoms with van der Waals surface area (Å²) in [5.74, 6) is 0.819. The van der Waals surface area contributed by atoms with Gasteiger partial charge in [-0.25, -0.2) is 0 Å². The number of benzene rings is 1. The van der Waals surface area contributed by atoms with Crippen LogP contribution in [0.25, 0.3) is 0 Å². The van der Waals surface area contributed by atoms with Gasteiger partial charge < -0.3 is 5.32 Å². The maximum Gasteiger partial charge on any atom is 0.0342 e. The van der Waals surface area contributed by atoms with Crippen LogP contribution < -0.4 is 5.32 Å². The van der Waals surface area contributed by atoms with Crippen molar-refractivity contribution >= 4 is 5.69 Å². The first-order chi connectivity index (χ1) is 8.29. The van der Waals surface area contributed by atoms with Gasteiger partial charge in [-0.15, -0.1) is 0 Å². The molecule has 2 rings (SSSR count). The van der Waals surface area contributed by atoms with Gasteiger partial charge in [-0.1, -0.05) is 45.2 Å². The maximum atomic E-state index is 3.70. The fraction of sp³-hybridized carbons (Fsp3) is 0.625. The molecule has 2 unspecified atom stereocenters. The summed E-state index contributed by atoms with van der Waals surface area (Å²) in [4.78, 5) is 0. The van der Waals surface area contributed by atoms with Crippen LogP contribution in [0.3, 0.4) is 0 Å². The van der Waals surface area contributed by atoms with Crippen LogP contribution in [-0.4, -0.2) is 6.04 Å². The van der Waals surface area contributed by atoms with Gasteiger partial charge in [-0.3, -0.25) is 0 Å². The Morgan fingerprint density at radius 1 is 1.12 bits per heavy atom. The predicted molar refractivity (Wildman–Crippen MR) is 75.5 cm³/mol. The normalized spacial score (nSPS) is 24.6. The van der Waals surface area contributed by atoms with Crippen molar-refractivity contribution in [2.75, 3.05) is 5.32 Å². The molecule has 1 saturated carbocycles. The molecule has 1 nitrogen and oxygen atoms in total. The van der Waals surface area contributed by atoms with Crippen molar-refractivity contribution in [2.24, 2.45) is 5.92 Å². The van der Waals surface area contributed by atoms with E-state index >= 15 is 0 Å². The molecule has 0 amide bonds. The lowest BCUT2D eigenvalue weighted by molar-refractivity contribution is 0.349. The molecular weight excluding hydrogens is 206 g/mol. The standard InChI is InChI=1S/C16H25N/c1-3-6-14-9-11-15(12-10-14)17-16-8-5-4-7-13(16)2/h9-13,16-17H,3-8H2,1-2H3. The van der Waals surface area contributed by atoms with Gasteiger partial charge in [0, 0.05) is 11.7 Å². The van der Waals surface area contributed by atoms with E-state index in [1.165, 1.54) is 49.8 Å². The second kappa shape index (κ2) is 6.09. The van der Waals surface area contributed by atoms with Gasteiger partial charge in [0.1, 0.15) is 0 Å². The number of nitrogens with one attached hydrogen (secondary N) is 1. The van der Waals surface area contributed by atoms with E-state index in [-0.39, 0.29) is 0 Å². The highest BCUT2D eigenvalue weighted by Gasteiger charge is 2.20. The van der Waals surface area contributed by atoms with Crippen molar-refractivity contribution in [1.82, 2.24) is 0 Å². The van der Waals surface area contributed by atoms with Gasteiger partial charge in [0.25, 0.3) is 0 Å². The van der Waals surface area contributed by atoms with Gasteiger partial charge >= 0.3 is 0 Å². The minimum Gasteiger partial charge on any atom is -0.382 e. The third-order valence-corrected chi connectivity index (χ3v) is 3.96. The van der Waals surface area contributed by atoms with Crippen LogP contribution in [0.1, 0.15) is 51.5 Å². The lowest BCUT2D eigenvalue weighted by Crippen LogP contribution is -2.30. The highest BCUT2D eigenvalue weighted by Crippen LogP contribution is 2.26. The molecule has 0 saturated heterocycles. The average molecular weight is 231 g/mol. The van der Waals surface area contributed by atoms with Crippen LogP contribution in [0.2, 0.25) is 0 Å². The molecule has 17 heavy (non-hydrogen) atoms. The Labute approximate surface area is 106 Å². The number of hydrogen-bond donors (Lipinski definition) is 1. The van der Waals surface area contributed by atoms with Crippen LogP contribution in [-0.2, 0) is 6.42 Å². The van der Waals surface area contributed by atoms with E-state index in [4.69, 9.17) is 0 Å². The summed E-state index contributed by atoms with van der Waals surface area (Å²) >= 11 is 0. The third-order valence-electron chi connectivity index (χ3n) is 3.96. The summed E-state index contributed by atoms with van der Waals surface area (Å²) in [6.45, 7) is 4.61. The van der Waals surface area contributed by atoms with Crippen molar-refractivity contribution in [3.8, 4) is 0 Å². The number of aryl methyl sites for hydroxylation is 1. The zero-order chi connectivity index (χ0) is 12.1. The maximum absolute atomic E-state index is 3.70. The Morgan fingerprint density at radius 2 is 1.82 bits per heavy atom. The minimum atomic E-state index is 0.681. The Hall–Kier alpha value is -0.980. The molecule has 0 bridgehead atoms. The van der Waals surface area contributed by atoms with Crippen molar-refractivity contribution < 1.29 is 0 Å². The lowest BCUT2D eigenvalue weighted by atomic mass is 9.86. The first kappa shape index (κ1) is 12.5. The quantitative estimate of drug-likeness (QED) is 0.796. The predicted octanol–water partition coefficient (Wildman–Crippen LogP) is 4.63. The number of rotatable bonds is 4. The fourth-order valence-corrected chi connectivity index (χ4v) is 2.80. The summed E-state index contributed by atoms with van der Waals surface area (Å²) in [7, 11) is 0. The van der Waals surface area contributed by atoms with Gasteiger partial charge in [0.15, 0.2) is 0 Å². The van der Waals surface area contributed by atoms with Crippen LogP contribution in [0, 0.1) is 5.92 Å². The van der Waals surface area contributed by atoms with Crippen molar-refractivity contribution in [3.63, 3.8) is 0 Å². The molecule has 0 aliphatic heterocycles. The topological polar surface area (TPSA) is 12.0 Å². The van der Waals surface area contributed by atoms with Gasteiger partial charge in [0.05, 0.1) is 0 Å². The van der Waals surface area contributed by atoms with Gasteiger partial charge in [0.2, 0.25) is 0 Å². The van der Waals surface area contributed by atoms with Gasteiger partial charge in [-0.2, -0.15) is 0 Å². The first-order valence-corrected chi connectivity index (χ1v) is 7.15. The molecule has 1 aromatic carbocycles. The second-order valence-electron chi connectivity index (χ2n) is 5.46. The minimum absolute atomic E-state index is 0.681. The zero-order valence-electron chi connectivity index (χ0n) is 11.2. The molecule has 1 aliphatic rings. The molecule has 0 radical (unpaired) electrons. The smallest absolute Gasteiger partial charge is 0.0342 e. The van der Waals surface area contributed by atoms with E-state index < -0.39 is 0 Å². The average Bonchev–Trinajstić information content (AvgIpc) is 2.35. The van der Waals surface area contributed by atoms with Crippen LogP contribution in [0.5, 0.6) is 0 Å². The Morgan fingerprint density at radius 3 is 2.47 bits per heavy atom. The second-order valence-corrected chi connectivity index (χ2v) is 5.46. The lowest BCUT2D eigenvalue weighted by Gasteiger charge is -2.30. The first-order valence-electron chi connectivity index (χ1n) is 7.15. The zero-order valence-corrected chi connectivity index (χ0v) is 11.2. The molecule has 0 heterocycles. The SMILES string of the molecule is CCCc1ccc(NC2CCCCC2C)cc1. The van der Waals surface area contributed by atoms with E-state index in [2.05, 4.69) is 43.4 Å². The van der Waals surface area contributed by atoms with E-state index in [0.29, 0.717) is 6.04 Å². The number of anilines is 1. The van der Waals surface area contributed by atoms with E-state index in [1.807, 2.05) is 0 Å². The van der Waals surface area contributed by atoms with Crippen molar-refractivity contribution in [2.45, 2.75) is 58.4 Å². The fourth-order valence-electron chi connectivity index (χ4n) is 2.80. The summed E-state index contributed by atoms with van der Waals surface area (Å²) in [5, 5.41) is 3.70. The highest BCUT2D eigenvalue weighted by atomic mass is 14.9. The largest absolute Gasteiger partial charge is 0.382 e. The molecule has 1 N–H and O–H groups in total. The van der Waals surface area contributed by atoms with E-state index in [0.717, 1.165) is 5.92 Å². The van der Waals surface area contributed by atoms with Crippen LogP contribution >= 0.6 is 0 Å². The molecule has 94 valence electrons. The molecule has 1 heteroatoms. The summed E-state index contributed by atoms with van der Waals surface area (Å²) in [6, 6.07) is 9.69. The third kappa shape index (κ3) is 3.49. The van der Waals surface area contributed by atoms with E-state index in [1.54, 1.807) is 0 Å². The van der Waals surface area contributed by atoms with Crippen molar-refractivity contribution in [3.05, 3.63) is 29.8 Å². The Kier molecular flexibility index (Phi) is 4.47. The summed E-state index contributed by atoms with van der Waals surface area (Å²) in [6.07, 6.45) is 7.93. The van der Waals surface area contributed by atoms with Crippen LogP contribution in [0.15, 0.2) is 24.3 Å². The Balaban J connectivity index is 1.93. The molecule has 2 atom stereocenters. The van der Waals surface area contributed by atoms with Gasteiger partial charge in [-0.05, 0) is 42.9 Å². The molecule has 1 fully saturated rings. The van der Waals surface area contributed by atoms with Crippen molar-refractivity contribution in [1.29, 1.82) is 0 Å². The molecule has 0 aromatic heterocycles.